The molecule has 7 heteroatoms. The maximum Gasteiger partial charge on any atom is 0.243 e. The van der Waals surface area contributed by atoms with Crippen LogP contribution in [0.2, 0.25) is 0 Å². The van der Waals surface area contributed by atoms with Gasteiger partial charge in [0.2, 0.25) is 11.8 Å². The first kappa shape index (κ1) is 15.0. The average molecular weight is 305 g/mol. The van der Waals surface area contributed by atoms with E-state index in [4.69, 9.17) is 0 Å². The summed E-state index contributed by atoms with van der Waals surface area (Å²) in [5, 5.41) is 14.0. The molecule has 1 aromatic rings. The predicted octanol–water partition coefficient (Wildman–Crippen LogP) is 0.535. The number of nitrogens with one attached hydrogen (secondary N) is 2. The fraction of sp³-hybridized carbons (Fsp3) is 0.733. The van der Waals surface area contributed by atoms with E-state index < -0.39 is 6.04 Å². The number of carbonyl (C=O) groups excluding carboxylic acids is 2. The normalized spacial score (nSPS) is 19.0. The highest BCUT2D eigenvalue weighted by molar-refractivity contribution is 5.87. The van der Waals surface area contributed by atoms with Crippen molar-refractivity contribution in [2.45, 2.75) is 64.6 Å². The Hall–Kier alpha value is -1.92. The van der Waals surface area contributed by atoms with Crippen molar-refractivity contribution in [2.24, 2.45) is 5.92 Å². The van der Waals surface area contributed by atoms with Crippen LogP contribution in [-0.4, -0.2) is 32.6 Å². The molecule has 1 fully saturated rings. The summed E-state index contributed by atoms with van der Waals surface area (Å²) in [6.45, 7) is 2.75. The molecule has 0 aromatic carbocycles. The molecule has 2 heterocycles. The van der Waals surface area contributed by atoms with Gasteiger partial charge in [-0.1, -0.05) is 12.8 Å². The lowest BCUT2D eigenvalue weighted by Crippen LogP contribution is -2.49. The van der Waals surface area contributed by atoms with E-state index in [1.807, 2.05) is 0 Å². The van der Waals surface area contributed by atoms with Gasteiger partial charge in [-0.2, -0.15) is 0 Å². The van der Waals surface area contributed by atoms with E-state index in [1.54, 1.807) is 0 Å². The number of hydrogen-bond acceptors (Lipinski definition) is 4. The number of aryl methyl sites for hydroxylation is 1. The maximum atomic E-state index is 12.5. The van der Waals surface area contributed by atoms with Gasteiger partial charge in [0.1, 0.15) is 11.9 Å². The maximum absolute atomic E-state index is 12.5. The topological polar surface area (TPSA) is 88.9 Å². The molecule has 1 aromatic heterocycles. The molecule has 1 aliphatic carbocycles. The molecule has 1 atom stereocenters. The molecular formula is C15H23N5O2. The minimum Gasteiger partial charge on any atom is -0.347 e. The van der Waals surface area contributed by atoms with Crippen LogP contribution in [0.5, 0.6) is 0 Å². The molecular weight excluding hydrogens is 282 g/mol. The van der Waals surface area contributed by atoms with E-state index in [2.05, 4.69) is 25.4 Å². The third kappa shape index (κ3) is 3.13. The summed E-state index contributed by atoms with van der Waals surface area (Å²) < 4.78 is 2.07. The first-order valence-corrected chi connectivity index (χ1v) is 8.11. The van der Waals surface area contributed by atoms with Gasteiger partial charge in [-0.05, 0) is 25.2 Å². The van der Waals surface area contributed by atoms with Gasteiger partial charge in [-0.25, -0.2) is 0 Å². The summed E-state index contributed by atoms with van der Waals surface area (Å²) in [6, 6.07) is -0.430. The zero-order valence-electron chi connectivity index (χ0n) is 13.0. The first-order chi connectivity index (χ1) is 10.6. The highest BCUT2D eigenvalue weighted by atomic mass is 16.2. The Morgan fingerprint density at radius 3 is 2.77 bits per heavy atom. The molecule has 2 amide bonds. The largest absolute Gasteiger partial charge is 0.347 e. The Labute approximate surface area is 129 Å². The van der Waals surface area contributed by atoms with E-state index >= 15 is 0 Å². The second kappa shape index (κ2) is 6.46. The number of carbonyl (C=O) groups is 2. The summed E-state index contributed by atoms with van der Waals surface area (Å²) in [6.07, 6.45) is 6.30. The van der Waals surface area contributed by atoms with Crippen LogP contribution in [0.3, 0.4) is 0 Å². The van der Waals surface area contributed by atoms with Crippen LogP contribution in [0.25, 0.3) is 0 Å². The molecule has 1 saturated carbocycles. The molecule has 22 heavy (non-hydrogen) atoms. The van der Waals surface area contributed by atoms with Crippen molar-refractivity contribution < 1.29 is 9.59 Å². The fourth-order valence-corrected chi connectivity index (χ4v) is 3.52. The lowest BCUT2D eigenvalue weighted by molar-refractivity contribution is -0.129. The number of amides is 2. The standard InChI is InChI=1S/C15H23N5O2/c1-10(21)17-14(11-5-2-3-6-11)15(22)16-9-13-19-18-12-7-4-8-20(12)13/h11,14H,2-9H2,1H3,(H,16,22)(H,17,21). The highest BCUT2D eigenvalue weighted by Crippen LogP contribution is 2.28. The molecule has 7 nitrogen and oxygen atoms in total. The lowest BCUT2D eigenvalue weighted by Gasteiger charge is -2.23. The molecule has 1 unspecified atom stereocenters. The van der Waals surface area contributed by atoms with Gasteiger partial charge >= 0.3 is 0 Å². The van der Waals surface area contributed by atoms with Gasteiger partial charge in [0.15, 0.2) is 5.82 Å². The van der Waals surface area contributed by atoms with Crippen LogP contribution < -0.4 is 10.6 Å². The van der Waals surface area contributed by atoms with Crippen molar-refractivity contribution in [1.82, 2.24) is 25.4 Å². The minimum atomic E-state index is -0.430. The van der Waals surface area contributed by atoms with E-state index in [9.17, 15) is 9.59 Å². The van der Waals surface area contributed by atoms with Gasteiger partial charge in [-0.15, -0.1) is 10.2 Å². The number of rotatable bonds is 5. The number of nitrogens with zero attached hydrogens (tertiary/aromatic N) is 3. The van der Waals surface area contributed by atoms with Gasteiger partial charge in [0, 0.05) is 19.9 Å². The summed E-state index contributed by atoms with van der Waals surface area (Å²) in [5.74, 6) is 1.77. The Kier molecular flexibility index (Phi) is 4.40. The van der Waals surface area contributed by atoms with Crippen molar-refractivity contribution in [3.05, 3.63) is 11.6 Å². The van der Waals surface area contributed by atoms with E-state index in [-0.39, 0.29) is 17.7 Å². The van der Waals surface area contributed by atoms with E-state index in [1.165, 1.54) is 6.92 Å². The quantitative estimate of drug-likeness (QED) is 0.831. The van der Waals surface area contributed by atoms with Crippen molar-refractivity contribution in [1.29, 1.82) is 0 Å². The predicted molar refractivity (Wildman–Crippen MR) is 79.8 cm³/mol. The first-order valence-electron chi connectivity index (χ1n) is 8.11. The molecule has 2 N–H and O–H groups in total. The van der Waals surface area contributed by atoms with Crippen molar-refractivity contribution in [2.75, 3.05) is 0 Å². The molecule has 120 valence electrons. The smallest absolute Gasteiger partial charge is 0.243 e. The SMILES string of the molecule is CC(=O)NC(C(=O)NCc1nnc2n1CCC2)C1CCCC1. The third-order valence-corrected chi connectivity index (χ3v) is 4.62. The average Bonchev–Trinajstić information content (AvgIpc) is 3.19. The Morgan fingerprint density at radius 2 is 2.05 bits per heavy atom. The van der Waals surface area contributed by atoms with Crippen LogP contribution in [-0.2, 0) is 29.1 Å². The van der Waals surface area contributed by atoms with Gasteiger partial charge in [-0.3, -0.25) is 9.59 Å². The van der Waals surface area contributed by atoms with E-state index in [0.717, 1.165) is 56.7 Å². The van der Waals surface area contributed by atoms with Crippen LogP contribution in [0.15, 0.2) is 0 Å². The number of hydrogen-bond donors (Lipinski definition) is 2. The van der Waals surface area contributed by atoms with Crippen LogP contribution >= 0.6 is 0 Å². The molecule has 0 saturated heterocycles. The van der Waals surface area contributed by atoms with E-state index in [0.29, 0.717) is 6.54 Å². The molecule has 0 radical (unpaired) electrons. The fourth-order valence-electron chi connectivity index (χ4n) is 3.52. The zero-order chi connectivity index (χ0) is 15.5. The van der Waals surface area contributed by atoms with Crippen molar-refractivity contribution in [3.8, 4) is 0 Å². The summed E-state index contributed by atoms with van der Waals surface area (Å²) in [7, 11) is 0. The van der Waals surface area contributed by atoms with Gasteiger partial charge in [0.25, 0.3) is 0 Å². The molecule has 1 aliphatic heterocycles. The second-order valence-corrected chi connectivity index (χ2v) is 6.23. The zero-order valence-corrected chi connectivity index (χ0v) is 13.0. The Bertz CT molecular complexity index is 562. The minimum absolute atomic E-state index is 0.113. The number of fused-ring (bicyclic) bond motifs is 1. The van der Waals surface area contributed by atoms with Crippen LogP contribution in [0.4, 0.5) is 0 Å². The van der Waals surface area contributed by atoms with Crippen LogP contribution in [0.1, 0.15) is 50.7 Å². The van der Waals surface area contributed by atoms with Crippen molar-refractivity contribution in [3.63, 3.8) is 0 Å². The molecule has 2 aliphatic rings. The second-order valence-electron chi connectivity index (χ2n) is 6.23. The Morgan fingerprint density at radius 1 is 1.27 bits per heavy atom. The highest BCUT2D eigenvalue weighted by Gasteiger charge is 2.31. The summed E-state index contributed by atoms with van der Waals surface area (Å²) in [4.78, 5) is 23.9. The van der Waals surface area contributed by atoms with Crippen LogP contribution in [0, 0.1) is 5.92 Å². The number of aromatic nitrogens is 3. The van der Waals surface area contributed by atoms with Gasteiger partial charge < -0.3 is 15.2 Å². The van der Waals surface area contributed by atoms with Crippen molar-refractivity contribution >= 4 is 11.8 Å². The molecule has 0 spiro atoms. The lowest BCUT2D eigenvalue weighted by atomic mass is 9.97. The summed E-state index contributed by atoms with van der Waals surface area (Å²) >= 11 is 0. The monoisotopic (exact) mass is 305 g/mol. The van der Waals surface area contributed by atoms with Gasteiger partial charge in [0.05, 0.1) is 6.54 Å². The molecule has 3 rings (SSSR count). The third-order valence-electron chi connectivity index (χ3n) is 4.62. The molecule has 0 bridgehead atoms. The Balaban J connectivity index is 1.61. The summed E-state index contributed by atoms with van der Waals surface area (Å²) in [5.41, 5.74) is 0.